The van der Waals surface area contributed by atoms with Crippen LogP contribution in [0.15, 0.2) is 36.4 Å². The predicted molar refractivity (Wildman–Crippen MR) is 73.5 cm³/mol. The van der Waals surface area contributed by atoms with E-state index >= 15 is 0 Å². The van der Waals surface area contributed by atoms with Gasteiger partial charge in [0.1, 0.15) is 17.3 Å². The van der Waals surface area contributed by atoms with E-state index in [0.29, 0.717) is 5.56 Å². The van der Waals surface area contributed by atoms with Gasteiger partial charge >= 0.3 is 0 Å². The maximum Gasteiger partial charge on any atom is 0.296 e. The van der Waals surface area contributed by atoms with Gasteiger partial charge in [-0.05, 0) is 18.2 Å². The highest BCUT2D eigenvalue weighted by Gasteiger charge is 2.15. The molecule has 0 aromatic heterocycles. The number of anilines is 1. The molecule has 0 aliphatic heterocycles. The molecule has 0 unspecified atom stereocenters. The first-order chi connectivity index (χ1) is 9.49. The Hall–Kier alpha value is -2.34. The summed E-state index contributed by atoms with van der Waals surface area (Å²) >= 11 is 5.65. The zero-order chi connectivity index (χ0) is 14.7. The molecule has 0 aliphatic carbocycles. The van der Waals surface area contributed by atoms with Crippen LogP contribution in [0.4, 0.5) is 15.8 Å². The quantitative estimate of drug-likeness (QED) is 0.512. The minimum atomic E-state index is -0.629. The number of nitrogens with zero attached hydrogens (tertiary/aromatic N) is 1. The molecule has 0 atom stereocenters. The Balaban J connectivity index is 2.23. The summed E-state index contributed by atoms with van der Waals surface area (Å²) in [6.07, 6.45) is 0. The molecule has 0 saturated carbocycles. The normalized spacial score (nSPS) is 10.3. The van der Waals surface area contributed by atoms with Gasteiger partial charge in [-0.3, -0.25) is 10.1 Å². The highest BCUT2D eigenvalue weighted by molar-refractivity contribution is 6.30. The molecule has 0 spiro atoms. The topological polar surface area (TPSA) is 75.4 Å². The summed E-state index contributed by atoms with van der Waals surface area (Å²) in [4.78, 5) is 10.2. The van der Waals surface area contributed by atoms with Crippen molar-refractivity contribution in [1.82, 2.24) is 0 Å². The lowest BCUT2D eigenvalue weighted by molar-refractivity contribution is -0.384. The number of aromatic hydroxyl groups is 1. The van der Waals surface area contributed by atoms with Crippen LogP contribution in [0.5, 0.6) is 5.75 Å². The van der Waals surface area contributed by atoms with Crippen molar-refractivity contribution in [2.75, 3.05) is 5.32 Å². The van der Waals surface area contributed by atoms with E-state index in [-0.39, 0.29) is 28.7 Å². The molecule has 2 aromatic carbocycles. The van der Waals surface area contributed by atoms with Crippen LogP contribution in [0.1, 0.15) is 5.56 Å². The van der Waals surface area contributed by atoms with Crippen molar-refractivity contribution in [2.45, 2.75) is 6.54 Å². The average molecular weight is 297 g/mol. The van der Waals surface area contributed by atoms with Crippen LogP contribution >= 0.6 is 11.6 Å². The number of benzene rings is 2. The minimum Gasteiger partial charge on any atom is -0.508 e. The summed E-state index contributed by atoms with van der Waals surface area (Å²) in [6, 6.07) is 8.23. The number of hydrogen-bond acceptors (Lipinski definition) is 4. The van der Waals surface area contributed by atoms with E-state index in [4.69, 9.17) is 11.6 Å². The van der Waals surface area contributed by atoms with Gasteiger partial charge in [-0.25, -0.2) is 4.39 Å². The van der Waals surface area contributed by atoms with Gasteiger partial charge in [0, 0.05) is 12.1 Å². The van der Waals surface area contributed by atoms with Gasteiger partial charge in [0.05, 0.1) is 16.0 Å². The predicted octanol–water partition coefficient (Wildman–Crippen LogP) is 3.71. The number of nitro groups is 1. The number of halogens is 2. The fraction of sp³-hybridized carbons (Fsp3) is 0.0769. The molecule has 5 nitrogen and oxygen atoms in total. The van der Waals surface area contributed by atoms with Crippen LogP contribution in [0, 0.1) is 15.9 Å². The van der Waals surface area contributed by atoms with Crippen LogP contribution in [0.25, 0.3) is 0 Å². The first-order valence-corrected chi connectivity index (χ1v) is 6.01. The third-order valence-corrected chi connectivity index (χ3v) is 2.97. The van der Waals surface area contributed by atoms with Crippen LogP contribution in [0.3, 0.4) is 0 Å². The van der Waals surface area contributed by atoms with Crippen molar-refractivity contribution in [3.05, 3.63) is 62.9 Å². The molecule has 0 radical (unpaired) electrons. The Labute approximate surface area is 118 Å². The molecular weight excluding hydrogens is 287 g/mol. The molecule has 0 saturated heterocycles. The van der Waals surface area contributed by atoms with Crippen molar-refractivity contribution in [2.24, 2.45) is 0 Å². The molecule has 104 valence electrons. The van der Waals surface area contributed by atoms with Crippen molar-refractivity contribution in [1.29, 1.82) is 0 Å². The van der Waals surface area contributed by atoms with Gasteiger partial charge < -0.3 is 10.4 Å². The van der Waals surface area contributed by atoms with E-state index in [1.807, 2.05) is 0 Å². The van der Waals surface area contributed by atoms with Gasteiger partial charge in [0.25, 0.3) is 5.69 Å². The lowest BCUT2D eigenvalue weighted by atomic mass is 10.2. The molecule has 2 aromatic rings. The maximum absolute atomic E-state index is 13.7. The summed E-state index contributed by atoms with van der Waals surface area (Å²) in [5, 5.41) is 22.9. The second-order valence-corrected chi connectivity index (χ2v) is 4.43. The van der Waals surface area contributed by atoms with E-state index in [1.54, 1.807) is 6.07 Å². The Morgan fingerprint density at radius 1 is 1.35 bits per heavy atom. The summed E-state index contributed by atoms with van der Waals surface area (Å²) < 4.78 is 13.7. The van der Waals surface area contributed by atoms with Crippen molar-refractivity contribution in [3.8, 4) is 5.75 Å². The first-order valence-electron chi connectivity index (χ1n) is 5.63. The molecule has 0 heterocycles. The highest BCUT2D eigenvalue weighted by atomic mass is 35.5. The summed E-state index contributed by atoms with van der Waals surface area (Å²) in [5.41, 5.74) is 0.194. The van der Waals surface area contributed by atoms with E-state index < -0.39 is 10.7 Å². The van der Waals surface area contributed by atoms with Crippen molar-refractivity contribution >= 4 is 23.0 Å². The van der Waals surface area contributed by atoms with Crippen molar-refractivity contribution < 1.29 is 14.4 Å². The molecule has 0 aliphatic rings. The van der Waals surface area contributed by atoms with Crippen molar-refractivity contribution in [3.63, 3.8) is 0 Å². The lowest BCUT2D eigenvalue weighted by Crippen LogP contribution is -2.04. The number of phenols is 1. The first kappa shape index (κ1) is 14.1. The largest absolute Gasteiger partial charge is 0.508 e. The second-order valence-electron chi connectivity index (χ2n) is 4.03. The number of nitro benzene ring substituents is 1. The van der Waals surface area contributed by atoms with Gasteiger partial charge in [0.15, 0.2) is 0 Å². The number of nitrogens with one attached hydrogen (secondary N) is 1. The summed E-state index contributed by atoms with van der Waals surface area (Å²) in [7, 11) is 0. The minimum absolute atomic E-state index is 0.00972. The van der Waals surface area contributed by atoms with E-state index in [9.17, 15) is 19.6 Å². The molecular formula is C13H10ClFN2O3. The zero-order valence-electron chi connectivity index (χ0n) is 10.1. The Kier molecular flexibility index (Phi) is 4.05. The molecule has 2 rings (SSSR count). The number of rotatable bonds is 4. The maximum atomic E-state index is 13.7. The van der Waals surface area contributed by atoms with Gasteiger partial charge in [-0.1, -0.05) is 23.7 Å². The Morgan fingerprint density at radius 3 is 2.80 bits per heavy atom. The average Bonchev–Trinajstić information content (AvgIpc) is 2.41. The van der Waals surface area contributed by atoms with E-state index in [0.717, 1.165) is 6.07 Å². The third kappa shape index (κ3) is 2.97. The number of phenolic OH excluding ortho intramolecular Hbond substituents is 1. The molecule has 0 amide bonds. The van der Waals surface area contributed by atoms with Crippen LogP contribution in [0.2, 0.25) is 5.02 Å². The molecule has 0 fully saturated rings. The fourth-order valence-corrected chi connectivity index (χ4v) is 1.89. The van der Waals surface area contributed by atoms with Crippen LogP contribution in [-0.4, -0.2) is 10.0 Å². The van der Waals surface area contributed by atoms with E-state index in [2.05, 4.69) is 5.32 Å². The standard InChI is InChI=1S/C13H10ClFN2O3/c14-10-3-1-2-8(13(10)15)7-16-11-5-4-9(18)6-12(11)17(19)20/h1-6,16,18H,7H2. The lowest BCUT2D eigenvalue weighted by Gasteiger charge is -2.09. The Morgan fingerprint density at radius 2 is 2.10 bits per heavy atom. The highest BCUT2D eigenvalue weighted by Crippen LogP contribution is 2.29. The van der Waals surface area contributed by atoms with Gasteiger partial charge in [-0.15, -0.1) is 0 Å². The molecule has 0 bridgehead atoms. The summed E-state index contributed by atoms with van der Waals surface area (Å²) in [5.74, 6) is -0.778. The molecule has 20 heavy (non-hydrogen) atoms. The smallest absolute Gasteiger partial charge is 0.296 e. The van der Waals surface area contributed by atoms with E-state index in [1.165, 1.54) is 24.3 Å². The number of hydrogen-bond donors (Lipinski definition) is 2. The van der Waals surface area contributed by atoms with Crippen LogP contribution in [-0.2, 0) is 6.54 Å². The SMILES string of the molecule is O=[N+]([O-])c1cc(O)ccc1NCc1cccc(Cl)c1F. The monoisotopic (exact) mass is 296 g/mol. The summed E-state index contributed by atoms with van der Waals surface area (Å²) in [6.45, 7) is 0.0397. The third-order valence-electron chi connectivity index (χ3n) is 2.68. The van der Waals surface area contributed by atoms with Gasteiger partial charge in [0.2, 0.25) is 0 Å². The second kappa shape index (κ2) is 5.75. The zero-order valence-corrected chi connectivity index (χ0v) is 10.9. The molecule has 7 heteroatoms. The molecule has 2 N–H and O–H groups in total. The van der Waals surface area contributed by atoms with Gasteiger partial charge in [-0.2, -0.15) is 0 Å². The van der Waals surface area contributed by atoms with Crippen LogP contribution < -0.4 is 5.32 Å². The Bertz CT molecular complexity index is 664. The fourth-order valence-electron chi connectivity index (χ4n) is 1.70.